The summed E-state index contributed by atoms with van der Waals surface area (Å²) in [5.74, 6) is 0.509. The molecule has 5 nitrogen and oxygen atoms in total. The monoisotopic (exact) mass is 350 g/mol. The molecule has 0 saturated heterocycles. The highest BCUT2D eigenvalue weighted by Crippen LogP contribution is 2.22. The third kappa shape index (κ3) is 5.16. The molecule has 0 aromatic heterocycles. The van der Waals surface area contributed by atoms with E-state index < -0.39 is 11.8 Å². The number of rotatable bonds is 4. The molecule has 2 aromatic carbocycles. The van der Waals surface area contributed by atoms with Gasteiger partial charge in [-0.05, 0) is 28.7 Å². The molecular weight excluding hydrogens is 328 g/mol. The Morgan fingerprint density at radius 1 is 0.923 bits per heavy atom. The maximum atomic E-state index is 12.1. The zero-order valence-electron chi connectivity index (χ0n) is 15.1. The molecule has 0 fully saturated rings. The first-order valence-electron chi connectivity index (χ1n) is 8.30. The van der Waals surface area contributed by atoms with Crippen LogP contribution in [0.3, 0.4) is 0 Å². The summed E-state index contributed by atoms with van der Waals surface area (Å²) >= 11 is 0. The molecule has 0 aliphatic rings. The van der Waals surface area contributed by atoms with Crippen molar-refractivity contribution < 1.29 is 14.4 Å². The highest BCUT2D eigenvalue weighted by Gasteiger charge is 2.16. The van der Waals surface area contributed by atoms with Crippen molar-refractivity contribution in [3.63, 3.8) is 0 Å². The Morgan fingerprint density at radius 3 is 2.08 bits per heavy atom. The Balaban J connectivity index is 1.95. The van der Waals surface area contributed by atoms with Crippen LogP contribution in [0, 0.1) is 0 Å². The van der Waals surface area contributed by atoms with Crippen LogP contribution in [0.4, 0.5) is 0 Å². The molecule has 2 N–H and O–H groups in total. The zero-order valence-corrected chi connectivity index (χ0v) is 15.1. The average molecular weight is 350 g/mol. The number of hydrogen-bond acceptors (Lipinski definition) is 3. The average Bonchev–Trinajstić information content (AvgIpc) is 2.64. The maximum absolute atomic E-state index is 12.1. The summed E-state index contributed by atoms with van der Waals surface area (Å²) in [6, 6.07) is 16.2. The smallest absolute Gasteiger partial charge is 0.267 e. The lowest BCUT2D eigenvalue weighted by atomic mass is 9.87. The third-order valence-electron chi connectivity index (χ3n) is 3.92. The summed E-state index contributed by atoms with van der Waals surface area (Å²) < 4.78 is 0. The van der Waals surface area contributed by atoms with Gasteiger partial charge in [-0.3, -0.25) is 20.4 Å². The van der Waals surface area contributed by atoms with Gasteiger partial charge < -0.3 is 0 Å². The fourth-order valence-electron chi connectivity index (χ4n) is 2.35. The Kier molecular flexibility index (Phi) is 6.10. The predicted molar refractivity (Wildman–Crippen MR) is 100 cm³/mol. The lowest BCUT2D eigenvalue weighted by molar-refractivity contribution is -0.118. The van der Waals surface area contributed by atoms with Crippen LogP contribution in [-0.2, 0) is 21.4 Å². The van der Waals surface area contributed by atoms with Crippen LogP contribution in [0.15, 0.2) is 60.2 Å². The second kappa shape index (κ2) is 8.28. The van der Waals surface area contributed by atoms with E-state index in [4.69, 9.17) is 0 Å². The standard InChI is InChI=1S/C21H22N2O3/c1-21(2,3)18-11-9-16(10-12-18)19(25)22-23-20(26)17(14-24)13-15-7-5-4-6-8-15/h4-12H,13H2,1-3H3,(H,22,25)(H,23,26). The topological polar surface area (TPSA) is 75.3 Å². The number of amides is 2. The summed E-state index contributed by atoms with van der Waals surface area (Å²) in [6.07, 6.45) is 0.145. The third-order valence-corrected chi connectivity index (χ3v) is 3.92. The van der Waals surface area contributed by atoms with Crippen molar-refractivity contribution in [1.29, 1.82) is 0 Å². The van der Waals surface area contributed by atoms with Crippen molar-refractivity contribution in [2.24, 2.45) is 0 Å². The number of benzene rings is 2. The van der Waals surface area contributed by atoms with E-state index in [1.165, 1.54) is 0 Å². The zero-order chi connectivity index (χ0) is 19.2. The molecule has 26 heavy (non-hydrogen) atoms. The van der Waals surface area contributed by atoms with Crippen LogP contribution in [0.25, 0.3) is 0 Å². The van der Waals surface area contributed by atoms with Crippen LogP contribution in [0.2, 0.25) is 0 Å². The summed E-state index contributed by atoms with van der Waals surface area (Å²) in [4.78, 5) is 35.3. The van der Waals surface area contributed by atoms with Crippen LogP contribution >= 0.6 is 0 Å². The number of carbonyl (C=O) groups excluding carboxylic acids is 3. The van der Waals surface area contributed by atoms with Gasteiger partial charge in [0, 0.05) is 12.0 Å². The molecule has 0 heterocycles. The fraction of sp³-hybridized carbons (Fsp3) is 0.238. The predicted octanol–water partition coefficient (Wildman–Crippen LogP) is 2.75. The molecule has 2 amide bonds. The Morgan fingerprint density at radius 2 is 1.54 bits per heavy atom. The van der Waals surface area contributed by atoms with E-state index in [2.05, 4.69) is 31.6 Å². The molecule has 0 saturated carbocycles. The van der Waals surface area contributed by atoms with Gasteiger partial charge >= 0.3 is 0 Å². The van der Waals surface area contributed by atoms with Gasteiger partial charge in [0.2, 0.25) is 0 Å². The Labute approximate surface area is 153 Å². The minimum Gasteiger partial charge on any atom is -0.267 e. The van der Waals surface area contributed by atoms with Crippen molar-refractivity contribution in [2.75, 3.05) is 0 Å². The van der Waals surface area contributed by atoms with E-state index in [-0.39, 0.29) is 17.4 Å². The number of carbonyl (C=O) groups is 2. The summed E-state index contributed by atoms with van der Waals surface area (Å²) in [5.41, 5.74) is 6.81. The first-order valence-corrected chi connectivity index (χ1v) is 8.30. The van der Waals surface area contributed by atoms with Crippen LogP contribution < -0.4 is 10.9 Å². The maximum Gasteiger partial charge on any atom is 0.277 e. The minimum absolute atomic E-state index is 0.00961. The Hall–Kier alpha value is -3.17. The molecule has 2 rings (SSSR count). The molecule has 0 radical (unpaired) electrons. The van der Waals surface area contributed by atoms with Gasteiger partial charge in [-0.25, -0.2) is 4.79 Å². The van der Waals surface area contributed by atoms with Crippen LogP contribution in [0.1, 0.15) is 42.3 Å². The van der Waals surface area contributed by atoms with Gasteiger partial charge in [0.1, 0.15) is 11.5 Å². The molecule has 0 aliphatic carbocycles. The van der Waals surface area contributed by atoms with Gasteiger partial charge in [0.05, 0.1) is 0 Å². The second-order valence-corrected chi connectivity index (χ2v) is 6.98. The van der Waals surface area contributed by atoms with Gasteiger partial charge in [-0.15, -0.1) is 0 Å². The highest BCUT2D eigenvalue weighted by molar-refractivity contribution is 6.03. The van der Waals surface area contributed by atoms with E-state index in [1.54, 1.807) is 30.2 Å². The minimum atomic E-state index is -0.677. The first kappa shape index (κ1) is 19.2. The van der Waals surface area contributed by atoms with E-state index in [1.807, 2.05) is 30.3 Å². The van der Waals surface area contributed by atoms with Gasteiger partial charge in [0.25, 0.3) is 11.8 Å². The molecule has 2 aromatic rings. The van der Waals surface area contributed by atoms with Crippen molar-refractivity contribution in [3.05, 3.63) is 76.9 Å². The Bertz CT molecular complexity index is 828. The molecule has 0 aliphatic heterocycles. The molecule has 0 unspecified atom stereocenters. The molecule has 0 bridgehead atoms. The van der Waals surface area contributed by atoms with Crippen molar-refractivity contribution in [2.45, 2.75) is 32.6 Å². The van der Waals surface area contributed by atoms with Crippen molar-refractivity contribution >= 4 is 17.8 Å². The summed E-state index contributed by atoms with van der Waals surface area (Å²) in [5, 5.41) is 0. The SMILES string of the molecule is CC(C)(C)c1ccc(C(=O)NNC(=O)C(=C=O)Cc2ccccc2)cc1. The highest BCUT2D eigenvalue weighted by atomic mass is 16.2. The fourth-order valence-corrected chi connectivity index (χ4v) is 2.35. The second-order valence-electron chi connectivity index (χ2n) is 6.98. The van der Waals surface area contributed by atoms with E-state index in [0.29, 0.717) is 5.56 Å². The molecular formula is C21H22N2O3. The molecule has 5 heteroatoms. The largest absolute Gasteiger partial charge is 0.277 e. The lowest BCUT2D eigenvalue weighted by Crippen LogP contribution is -2.42. The molecule has 134 valence electrons. The molecule has 0 spiro atoms. The quantitative estimate of drug-likeness (QED) is 0.506. The van der Waals surface area contributed by atoms with Gasteiger partial charge in [-0.1, -0.05) is 63.2 Å². The van der Waals surface area contributed by atoms with E-state index in [0.717, 1.165) is 11.1 Å². The number of hydrogen-bond donors (Lipinski definition) is 2. The van der Waals surface area contributed by atoms with Gasteiger partial charge in [0.15, 0.2) is 0 Å². The van der Waals surface area contributed by atoms with Gasteiger partial charge in [-0.2, -0.15) is 0 Å². The van der Waals surface area contributed by atoms with E-state index >= 15 is 0 Å². The number of nitrogens with one attached hydrogen (secondary N) is 2. The summed E-state index contributed by atoms with van der Waals surface area (Å²) in [6.45, 7) is 6.26. The van der Waals surface area contributed by atoms with Crippen LogP contribution in [0.5, 0.6) is 0 Å². The number of hydrazine groups is 1. The van der Waals surface area contributed by atoms with Crippen LogP contribution in [-0.4, -0.2) is 17.8 Å². The normalized spacial score (nSPS) is 10.6. The first-order chi connectivity index (χ1) is 12.3. The van der Waals surface area contributed by atoms with Crippen molar-refractivity contribution in [1.82, 2.24) is 10.9 Å². The lowest BCUT2D eigenvalue weighted by Gasteiger charge is -2.19. The summed E-state index contributed by atoms with van der Waals surface area (Å²) in [7, 11) is 0. The van der Waals surface area contributed by atoms with E-state index in [9.17, 15) is 14.4 Å². The van der Waals surface area contributed by atoms with Crippen molar-refractivity contribution in [3.8, 4) is 0 Å². The molecule has 0 atom stereocenters.